The molecule has 0 amide bonds. The Bertz CT molecular complexity index is 940. The van der Waals surface area contributed by atoms with E-state index in [1.165, 1.54) is 12.1 Å². The maximum absolute atomic E-state index is 13.6. The number of carbonyl (C=O) groups is 1. The number of carboxylic acids is 1. The van der Waals surface area contributed by atoms with Crippen LogP contribution in [0.4, 0.5) is 0 Å². The molecular weight excluding hydrogens is 442 g/mol. The minimum Gasteiger partial charge on any atom is -0.478 e. The second-order valence-corrected chi connectivity index (χ2v) is 9.85. The predicted octanol–water partition coefficient (Wildman–Crippen LogP) is 5.31. The fourth-order valence-electron chi connectivity index (χ4n) is 4.17. The third-order valence-electron chi connectivity index (χ3n) is 5.69. The van der Waals surface area contributed by atoms with Crippen LogP contribution >= 0.6 is 25.1 Å². The molecule has 1 aliphatic carbocycles. The molecule has 1 saturated carbocycles. The maximum atomic E-state index is 13.6. The van der Waals surface area contributed by atoms with E-state index in [2.05, 4.69) is 0 Å². The average Bonchev–Trinajstić information content (AvgIpc) is 3.23. The zero-order chi connectivity index (χ0) is 21.0. The van der Waals surface area contributed by atoms with Crippen LogP contribution in [0.5, 0.6) is 0 Å². The molecule has 1 N–H and O–H groups in total. The molecule has 0 bridgehead atoms. The zero-order valence-electron chi connectivity index (χ0n) is 16.9. The molecule has 0 unspecified atom stereocenters. The molecular formula is C22H28ClNO4S2. The van der Waals surface area contributed by atoms with Crippen molar-refractivity contribution in [3.05, 3.63) is 64.7 Å². The number of benzene rings is 2. The van der Waals surface area contributed by atoms with Gasteiger partial charge in [-0.3, -0.25) is 0 Å². The van der Waals surface area contributed by atoms with E-state index in [1.54, 1.807) is 40.7 Å². The molecule has 0 spiro atoms. The number of carboxylic acid groups (broad SMARTS) is 1. The van der Waals surface area contributed by atoms with Crippen molar-refractivity contribution in [2.24, 2.45) is 5.92 Å². The Morgan fingerprint density at radius 2 is 1.67 bits per heavy atom. The van der Waals surface area contributed by atoms with Crippen LogP contribution in [0.25, 0.3) is 0 Å². The van der Waals surface area contributed by atoms with Crippen molar-refractivity contribution >= 4 is 41.1 Å². The van der Waals surface area contributed by atoms with Crippen LogP contribution in [-0.4, -0.2) is 29.8 Å². The minimum absolute atomic E-state index is 0. The van der Waals surface area contributed by atoms with E-state index in [-0.39, 0.29) is 36.5 Å². The fourth-order valence-corrected chi connectivity index (χ4v) is 6.04. The molecule has 2 aromatic carbocycles. The summed E-state index contributed by atoms with van der Waals surface area (Å²) in [4.78, 5) is 11.3. The third-order valence-corrected chi connectivity index (χ3v) is 7.83. The number of hydrogen-bond donors (Lipinski definition) is 1. The Hall–Kier alpha value is -1.54. The number of hydrogen-bond acceptors (Lipinski definition) is 3. The van der Waals surface area contributed by atoms with Crippen LogP contribution in [0, 0.1) is 5.92 Å². The monoisotopic (exact) mass is 469 g/mol. The molecule has 1 fully saturated rings. The van der Waals surface area contributed by atoms with Gasteiger partial charge in [-0.1, -0.05) is 43.5 Å². The number of nitrogens with zero attached hydrogens (tertiary/aromatic N) is 1. The lowest BCUT2D eigenvalue weighted by Gasteiger charge is -2.34. The summed E-state index contributed by atoms with van der Waals surface area (Å²) in [6, 6.07) is 12.6. The van der Waals surface area contributed by atoms with Gasteiger partial charge in [0.05, 0.1) is 10.5 Å². The van der Waals surface area contributed by atoms with Crippen molar-refractivity contribution in [2.75, 3.05) is 0 Å². The summed E-state index contributed by atoms with van der Waals surface area (Å²) in [7, 11) is -3.73. The van der Waals surface area contributed by atoms with E-state index < -0.39 is 16.0 Å². The molecule has 3 rings (SSSR count). The first-order valence-corrected chi connectivity index (χ1v) is 11.7. The van der Waals surface area contributed by atoms with Gasteiger partial charge < -0.3 is 5.11 Å². The van der Waals surface area contributed by atoms with Crippen LogP contribution < -0.4 is 0 Å². The van der Waals surface area contributed by atoms with Gasteiger partial charge in [-0.25, -0.2) is 13.2 Å². The van der Waals surface area contributed by atoms with E-state index in [9.17, 15) is 13.2 Å². The quantitative estimate of drug-likeness (QED) is 0.568. The van der Waals surface area contributed by atoms with Crippen LogP contribution in [0.2, 0.25) is 5.02 Å². The summed E-state index contributed by atoms with van der Waals surface area (Å²) in [6.07, 6.45) is 5.05. The Morgan fingerprint density at radius 1 is 1.10 bits per heavy atom. The summed E-state index contributed by atoms with van der Waals surface area (Å²) >= 11 is 5.95. The Balaban J connectivity index is 0.00000320. The summed E-state index contributed by atoms with van der Waals surface area (Å²) < 4.78 is 28.7. The second kappa shape index (κ2) is 10.7. The lowest BCUT2D eigenvalue weighted by Crippen LogP contribution is -2.43. The Morgan fingerprint density at radius 3 is 2.17 bits per heavy atom. The first-order valence-electron chi connectivity index (χ1n) is 9.92. The SMILES string of the molecule is CC[C@@H](C1CCCC1)N(Cc1ccc(C(=O)O)cc1)S(=O)(=O)c1ccc(Cl)cc1.S. The van der Waals surface area contributed by atoms with Crippen LogP contribution in [-0.2, 0) is 16.6 Å². The van der Waals surface area contributed by atoms with Gasteiger partial charge in [0.15, 0.2) is 0 Å². The molecule has 30 heavy (non-hydrogen) atoms. The second-order valence-electron chi connectivity index (χ2n) is 7.53. The molecule has 0 aromatic heterocycles. The van der Waals surface area contributed by atoms with Crippen molar-refractivity contribution < 1.29 is 18.3 Å². The van der Waals surface area contributed by atoms with Crippen molar-refractivity contribution in [3.8, 4) is 0 Å². The summed E-state index contributed by atoms with van der Waals surface area (Å²) in [5.41, 5.74) is 0.952. The molecule has 0 heterocycles. The van der Waals surface area contributed by atoms with Crippen molar-refractivity contribution in [2.45, 2.75) is 56.5 Å². The lowest BCUT2D eigenvalue weighted by atomic mass is 9.95. The van der Waals surface area contributed by atoms with Gasteiger partial charge in [0.2, 0.25) is 10.0 Å². The first kappa shape index (κ1) is 24.7. The third kappa shape index (κ3) is 5.58. The van der Waals surface area contributed by atoms with E-state index in [0.717, 1.165) is 37.7 Å². The first-order chi connectivity index (χ1) is 13.8. The lowest BCUT2D eigenvalue weighted by molar-refractivity contribution is 0.0697. The van der Waals surface area contributed by atoms with E-state index in [4.69, 9.17) is 16.7 Å². The van der Waals surface area contributed by atoms with Crippen molar-refractivity contribution in [1.82, 2.24) is 4.31 Å². The van der Waals surface area contributed by atoms with Gasteiger partial charge in [0.25, 0.3) is 0 Å². The van der Waals surface area contributed by atoms with Gasteiger partial charge in [-0.2, -0.15) is 17.8 Å². The molecule has 1 aliphatic rings. The zero-order valence-corrected chi connectivity index (χ0v) is 19.5. The van der Waals surface area contributed by atoms with Gasteiger partial charge in [-0.05, 0) is 67.1 Å². The fraction of sp³-hybridized carbons (Fsp3) is 0.409. The normalized spacial score (nSPS) is 15.7. The highest BCUT2D eigenvalue weighted by Crippen LogP contribution is 2.35. The largest absolute Gasteiger partial charge is 0.478 e. The molecule has 0 aliphatic heterocycles. The summed E-state index contributed by atoms with van der Waals surface area (Å²) in [6.45, 7) is 2.24. The van der Waals surface area contributed by atoms with Gasteiger partial charge in [-0.15, -0.1) is 0 Å². The van der Waals surface area contributed by atoms with Crippen LogP contribution in [0.15, 0.2) is 53.4 Å². The Kier molecular flexibility index (Phi) is 8.79. The maximum Gasteiger partial charge on any atom is 0.335 e. The minimum atomic E-state index is -3.73. The molecule has 2 aromatic rings. The average molecular weight is 470 g/mol. The molecule has 5 nitrogen and oxygen atoms in total. The highest BCUT2D eigenvalue weighted by atomic mass is 35.5. The smallest absolute Gasteiger partial charge is 0.335 e. The summed E-state index contributed by atoms with van der Waals surface area (Å²) in [5, 5.41) is 9.60. The number of halogens is 1. The number of sulfonamides is 1. The Labute approximate surface area is 190 Å². The van der Waals surface area contributed by atoms with E-state index in [1.807, 2.05) is 6.92 Å². The van der Waals surface area contributed by atoms with Crippen LogP contribution in [0.1, 0.15) is 54.9 Å². The topological polar surface area (TPSA) is 74.7 Å². The highest BCUT2D eigenvalue weighted by Gasteiger charge is 2.36. The van der Waals surface area contributed by atoms with Gasteiger partial charge in [0, 0.05) is 17.6 Å². The number of aromatic carboxylic acids is 1. The number of rotatable bonds is 8. The molecule has 164 valence electrons. The van der Waals surface area contributed by atoms with Gasteiger partial charge >= 0.3 is 5.97 Å². The molecule has 0 saturated heterocycles. The van der Waals surface area contributed by atoms with E-state index in [0.29, 0.717) is 10.9 Å². The van der Waals surface area contributed by atoms with E-state index >= 15 is 0 Å². The molecule has 8 heteroatoms. The standard InChI is InChI=1S/C22H26ClNO4S.H2S/c1-2-21(17-5-3-4-6-17)24(15-16-7-9-18(10-8-16)22(25)26)29(27,28)20-13-11-19(23)12-14-20;/h7-14,17,21H,2-6,15H2,1H3,(H,25,26);1H2/t21-;/m0./s1. The predicted molar refractivity (Wildman–Crippen MR) is 124 cm³/mol. The van der Waals surface area contributed by atoms with Crippen molar-refractivity contribution in [1.29, 1.82) is 0 Å². The highest BCUT2D eigenvalue weighted by molar-refractivity contribution is 7.89. The molecule has 1 atom stereocenters. The van der Waals surface area contributed by atoms with Crippen molar-refractivity contribution in [3.63, 3.8) is 0 Å². The van der Waals surface area contributed by atoms with Gasteiger partial charge in [0.1, 0.15) is 0 Å². The molecule has 0 radical (unpaired) electrons. The van der Waals surface area contributed by atoms with Crippen LogP contribution in [0.3, 0.4) is 0 Å². The summed E-state index contributed by atoms with van der Waals surface area (Å²) in [5.74, 6) is -0.667.